The van der Waals surface area contributed by atoms with Gasteiger partial charge in [-0.25, -0.2) is 0 Å². The highest BCUT2D eigenvalue weighted by atomic mass is 16.5. The molecule has 0 amide bonds. The highest BCUT2D eigenvalue weighted by Gasteiger charge is 2.12. The van der Waals surface area contributed by atoms with E-state index in [-0.39, 0.29) is 0 Å². The molecule has 98 valence electrons. The molecule has 4 nitrogen and oxygen atoms in total. The molecule has 2 N–H and O–H groups in total. The maximum absolute atomic E-state index is 5.64. The van der Waals surface area contributed by atoms with Crippen LogP contribution in [-0.4, -0.2) is 31.7 Å². The zero-order valence-electron chi connectivity index (χ0n) is 11.1. The molecule has 0 radical (unpaired) electrons. The standard InChI is InChI=1S/C13H24N2O2/c1-11(2)9-15(5-7-16-3)10-12-4-6-17-13(12)8-14/h4,6,11H,5,7-10,14H2,1-3H3. The monoisotopic (exact) mass is 240 g/mol. The van der Waals surface area contributed by atoms with Crippen molar-refractivity contribution in [3.63, 3.8) is 0 Å². The van der Waals surface area contributed by atoms with E-state index >= 15 is 0 Å². The molecule has 0 saturated carbocycles. The first kappa shape index (κ1) is 14.2. The van der Waals surface area contributed by atoms with Gasteiger partial charge in [-0.2, -0.15) is 0 Å². The van der Waals surface area contributed by atoms with E-state index in [1.165, 1.54) is 5.56 Å². The number of nitrogens with two attached hydrogens (primary N) is 1. The summed E-state index contributed by atoms with van der Waals surface area (Å²) in [5.41, 5.74) is 6.82. The van der Waals surface area contributed by atoms with Gasteiger partial charge in [-0.05, 0) is 12.0 Å². The summed E-state index contributed by atoms with van der Waals surface area (Å²) in [5, 5.41) is 0. The first-order valence-electron chi connectivity index (χ1n) is 6.14. The van der Waals surface area contributed by atoms with Crippen molar-refractivity contribution >= 4 is 0 Å². The topological polar surface area (TPSA) is 51.6 Å². The molecule has 0 atom stereocenters. The smallest absolute Gasteiger partial charge is 0.121 e. The van der Waals surface area contributed by atoms with Crippen LogP contribution in [0.3, 0.4) is 0 Å². The molecule has 4 heteroatoms. The molecule has 0 bridgehead atoms. The van der Waals surface area contributed by atoms with Gasteiger partial charge in [-0.1, -0.05) is 13.8 Å². The first-order valence-corrected chi connectivity index (χ1v) is 6.14. The van der Waals surface area contributed by atoms with Crippen LogP contribution in [0.5, 0.6) is 0 Å². The lowest BCUT2D eigenvalue weighted by molar-refractivity contribution is 0.135. The van der Waals surface area contributed by atoms with Crippen LogP contribution in [0.15, 0.2) is 16.7 Å². The minimum atomic E-state index is 0.460. The zero-order chi connectivity index (χ0) is 12.7. The average Bonchev–Trinajstić information content (AvgIpc) is 2.72. The van der Waals surface area contributed by atoms with Gasteiger partial charge in [-0.3, -0.25) is 4.90 Å². The lowest BCUT2D eigenvalue weighted by Gasteiger charge is -2.23. The quantitative estimate of drug-likeness (QED) is 0.753. The van der Waals surface area contributed by atoms with E-state index in [1.807, 2.05) is 6.07 Å². The Labute approximate surface area is 104 Å². The lowest BCUT2D eigenvalue weighted by Crippen LogP contribution is -2.30. The molecule has 0 aliphatic carbocycles. The fourth-order valence-corrected chi connectivity index (χ4v) is 1.90. The third kappa shape index (κ3) is 4.89. The average molecular weight is 240 g/mol. The van der Waals surface area contributed by atoms with Crippen molar-refractivity contribution in [2.75, 3.05) is 26.8 Å². The van der Waals surface area contributed by atoms with Crippen LogP contribution in [0.25, 0.3) is 0 Å². The van der Waals surface area contributed by atoms with Gasteiger partial charge < -0.3 is 14.9 Å². The van der Waals surface area contributed by atoms with E-state index in [9.17, 15) is 0 Å². The molecule has 1 heterocycles. The van der Waals surface area contributed by atoms with Crippen LogP contribution >= 0.6 is 0 Å². The van der Waals surface area contributed by atoms with Crippen molar-refractivity contribution in [2.45, 2.75) is 26.9 Å². The van der Waals surface area contributed by atoms with Crippen LogP contribution in [0.1, 0.15) is 25.2 Å². The van der Waals surface area contributed by atoms with Crippen LogP contribution in [0.2, 0.25) is 0 Å². The zero-order valence-corrected chi connectivity index (χ0v) is 11.1. The Morgan fingerprint density at radius 1 is 1.47 bits per heavy atom. The van der Waals surface area contributed by atoms with Gasteiger partial charge >= 0.3 is 0 Å². The Kier molecular flexibility index (Phi) is 6.26. The molecule has 0 aliphatic rings. The second kappa shape index (κ2) is 7.48. The summed E-state index contributed by atoms with van der Waals surface area (Å²) < 4.78 is 10.5. The Hall–Kier alpha value is -0.840. The van der Waals surface area contributed by atoms with Gasteiger partial charge in [-0.15, -0.1) is 0 Å². The predicted octanol–water partition coefficient (Wildman–Crippen LogP) is 1.84. The van der Waals surface area contributed by atoms with E-state index in [0.717, 1.165) is 32.0 Å². The van der Waals surface area contributed by atoms with Gasteiger partial charge in [0.2, 0.25) is 0 Å². The van der Waals surface area contributed by atoms with Crippen LogP contribution in [0.4, 0.5) is 0 Å². The lowest BCUT2D eigenvalue weighted by atomic mass is 10.1. The van der Waals surface area contributed by atoms with E-state index < -0.39 is 0 Å². The van der Waals surface area contributed by atoms with Crippen LogP contribution < -0.4 is 5.73 Å². The van der Waals surface area contributed by atoms with Crippen molar-refractivity contribution in [2.24, 2.45) is 11.7 Å². The molecule has 0 unspecified atom stereocenters. The third-order valence-corrected chi connectivity index (χ3v) is 2.65. The summed E-state index contributed by atoms with van der Waals surface area (Å²) in [7, 11) is 1.73. The second-order valence-corrected chi connectivity index (χ2v) is 4.69. The van der Waals surface area contributed by atoms with Crippen molar-refractivity contribution in [3.8, 4) is 0 Å². The molecular formula is C13H24N2O2. The predicted molar refractivity (Wildman–Crippen MR) is 68.6 cm³/mol. The number of hydrogen-bond donors (Lipinski definition) is 1. The van der Waals surface area contributed by atoms with Gasteiger partial charge in [0, 0.05) is 32.3 Å². The van der Waals surface area contributed by atoms with Crippen LogP contribution in [-0.2, 0) is 17.8 Å². The Balaban J connectivity index is 2.58. The SMILES string of the molecule is COCCN(Cc1ccoc1CN)CC(C)C. The van der Waals surface area contributed by atoms with E-state index in [0.29, 0.717) is 12.5 Å². The number of ether oxygens (including phenoxy) is 1. The minimum Gasteiger partial charge on any atom is -0.468 e. The largest absolute Gasteiger partial charge is 0.468 e. The van der Waals surface area contributed by atoms with Crippen LogP contribution in [0, 0.1) is 5.92 Å². The fraction of sp³-hybridized carbons (Fsp3) is 0.692. The first-order chi connectivity index (χ1) is 8.17. The van der Waals surface area contributed by atoms with Gasteiger partial charge in [0.05, 0.1) is 19.4 Å². The molecule has 0 aromatic carbocycles. The summed E-state index contributed by atoms with van der Waals surface area (Å²) in [6.45, 7) is 8.52. The Bertz CT molecular complexity index is 310. The number of nitrogens with zero attached hydrogens (tertiary/aromatic N) is 1. The molecule has 0 saturated heterocycles. The van der Waals surface area contributed by atoms with Crippen molar-refractivity contribution in [3.05, 3.63) is 23.7 Å². The maximum atomic E-state index is 5.64. The minimum absolute atomic E-state index is 0.460. The number of methoxy groups -OCH3 is 1. The Morgan fingerprint density at radius 2 is 2.24 bits per heavy atom. The molecule has 0 spiro atoms. The molecule has 17 heavy (non-hydrogen) atoms. The van der Waals surface area contributed by atoms with Gasteiger partial charge in [0.25, 0.3) is 0 Å². The summed E-state index contributed by atoms with van der Waals surface area (Å²) in [4.78, 5) is 2.37. The van der Waals surface area contributed by atoms with Crippen molar-refractivity contribution in [1.29, 1.82) is 0 Å². The molecule has 0 aliphatic heterocycles. The summed E-state index contributed by atoms with van der Waals surface area (Å²) >= 11 is 0. The molecule has 1 aromatic heterocycles. The van der Waals surface area contributed by atoms with E-state index in [2.05, 4.69) is 18.7 Å². The summed E-state index contributed by atoms with van der Waals surface area (Å²) in [5.74, 6) is 1.52. The normalized spacial score (nSPS) is 11.6. The van der Waals surface area contributed by atoms with E-state index in [4.69, 9.17) is 14.9 Å². The van der Waals surface area contributed by atoms with Gasteiger partial charge in [0.15, 0.2) is 0 Å². The van der Waals surface area contributed by atoms with Crippen molar-refractivity contribution in [1.82, 2.24) is 4.90 Å². The fourth-order valence-electron chi connectivity index (χ4n) is 1.90. The van der Waals surface area contributed by atoms with E-state index in [1.54, 1.807) is 13.4 Å². The number of furan rings is 1. The summed E-state index contributed by atoms with van der Waals surface area (Å²) in [6, 6.07) is 2.00. The molecule has 1 rings (SSSR count). The highest BCUT2D eigenvalue weighted by molar-refractivity contribution is 5.16. The Morgan fingerprint density at radius 3 is 2.82 bits per heavy atom. The third-order valence-electron chi connectivity index (χ3n) is 2.65. The second-order valence-electron chi connectivity index (χ2n) is 4.69. The van der Waals surface area contributed by atoms with Gasteiger partial charge in [0.1, 0.15) is 5.76 Å². The summed E-state index contributed by atoms with van der Waals surface area (Å²) in [6.07, 6.45) is 1.71. The highest BCUT2D eigenvalue weighted by Crippen LogP contribution is 2.13. The van der Waals surface area contributed by atoms with Crippen molar-refractivity contribution < 1.29 is 9.15 Å². The molecule has 1 aromatic rings. The number of rotatable bonds is 8. The maximum Gasteiger partial charge on any atom is 0.121 e. The molecule has 0 fully saturated rings. The number of hydrogen-bond acceptors (Lipinski definition) is 4. The molecular weight excluding hydrogens is 216 g/mol.